The van der Waals surface area contributed by atoms with Crippen molar-refractivity contribution in [1.82, 2.24) is 9.55 Å². The van der Waals surface area contributed by atoms with Gasteiger partial charge < -0.3 is 15.4 Å². The molecule has 4 aromatic rings. The van der Waals surface area contributed by atoms with Crippen molar-refractivity contribution in [2.75, 3.05) is 23.8 Å². The monoisotopic (exact) mass is 484 g/mol. The zero-order chi connectivity index (χ0) is 25.1. The molecule has 8 heteroatoms. The molecule has 1 aliphatic heterocycles. The Morgan fingerprint density at radius 3 is 2.56 bits per heavy atom. The molecule has 1 saturated heterocycles. The summed E-state index contributed by atoms with van der Waals surface area (Å²) in [4.78, 5) is 43.3. The van der Waals surface area contributed by atoms with Crippen LogP contribution in [0.2, 0.25) is 0 Å². The van der Waals surface area contributed by atoms with E-state index in [1.807, 2.05) is 72.8 Å². The summed E-state index contributed by atoms with van der Waals surface area (Å²) in [6, 6.07) is 23.0. The van der Waals surface area contributed by atoms with Gasteiger partial charge in [0.1, 0.15) is 5.82 Å². The molecule has 0 radical (unpaired) electrons. The molecule has 5 rings (SSSR count). The predicted octanol–water partition coefficient (Wildman–Crippen LogP) is 3.08. The molecule has 3 N–H and O–H groups in total. The molecule has 0 spiro atoms. The van der Waals surface area contributed by atoms with Gasteiger partial charge in [-0.1, -0.05) is 72.8 Å². The number of rotatable bonds is 7. The van der Waals surface area contributed by atoms with Gasteiger partial charge in [0, 0.05) is 6.61 Å². The lowest BCUT2D eigenvalue weighted by Gasteiger charge is -2.27. The van der Waals surface area contributed by atoms with Crippen LogP contribution >= 0.6 is 0 Å². The van der Waals surface area contributed by atoms with E-state index in [1.54, 1.807) is 0 Å². The molecule has 8 nitrogen and oxygen atoms in total. The Labute approximate surface area is 207 Å². The maximum atomic E-state index is 13.8. The highest BCUT2D eigenvalue weighted by atomic mass is 16.5. The number of ether oxygens (including phenoxy) is 1. The van der Waals surface area contributed by atoms with E-state index in [9.17, 15) is 14.4 Å². The number of anilines is 2. The highest BCUT2D eigenvalue weighted by molar-refractivity contribution is 5.99. The number of carbonyl (C=O) groups is 1. The molecule has 1 atom stereocenters. The maximum absolute atomic E-state index is 13.8. The van der Waals surface area contributed by atoms with E-state index in [0.717, 1.165) is 34.7 Å². The van der Waals surface area contributed by atoms with Gasteiger partial charge in [-0.25, -0.2) is 4.79 Å². The number of nitrogens with one attached hydrogen (secondary N) is 1. The first kappa shape index (κ1) is 23.6. The van der Waals surface area contributed by atoms with E-state index >= 15 is 0 Å². The predicted molar refractivity (Wildman–Crippen MR) is 140 cm³/mol. The van der Waals surface area contributed by atoms with E-state index in [2.05, 4.69) is 4.98 Å². The normalized spacial score (nSPS) is 15.3. The third kappa shape index (κ3) is 4.81. The van der Waals surface area contributed by atoms with Crippen LogP contribution in [0.1, 0.15) is 24.0 Å². The molecule has 36 heavy (non-hydrogen) atoms. The van der Waals surface area contributed by atoms with Crippen molar-refractivity contribution >= 4 is 28.2 Å². The summed E-state index contributed by atoms with van der Waals surface area (Å²) < 4.78 is 7.08. The van der Waals surface area contributed by atoms with Gasteiger partial charge in [0.05, 0.1) is 25.6 Å². The molecule has 3 aromatic carbocycles. The molecule has 184 valence electrons. The number of fused-ring (bicyclic) bond motifs is 1. The van der Waals surface area contributed by atoms with Crippen molar-refractivity contribution in [3.63, 3.8) is 0 Å². The Morgan fingerprint density at radius 1 is 1.03 bits per heavy atom. The summed E-state index contributed by atoms with van der Waals surface area (Å²) in [5.41, 5.74) is 6.80. The Hall–Kier alpha value is -4.17. The minimum atomic E-state index is -0.689. The summed E-state index contributed by atoms with van der Waals surface area (Å²) in [6.07, 6.45) is 1.52. The Bertz CT molecular complexity index is 1500. The highest BCUT2D eigenvalue weighted by Gasteiger charge is 2.29. The number of hydrogen-bond acceptors (Lipinski definition) is 5. The Morgan fingerprint density at radius 2 is 1.78 bits per heavy atom. The van der Waals surface area contributed by atoms with Gasteiger partial charge in [0.2, 0.25) is 5.91 Å². The molecular weight excluding hydrogens is 456 g/mol. The number of carbonyl (C=O) groups excluding carboxylic acids is 1. The summed E-state index contributed by atoms with van der Waals surface area (Å²) >= 11 is 0. The van der Waals surface area contributed by atoms with Crippen LogP contribution in [0.3, 0.4) is 0 Å². The zero-order valence-corrected chi connectivity index (χ0v) is 19.9. The molecule has 0 bridgehead atoms. The first-order valence-corrected chi connectivity index (χ1v) is 12.1. The summed E-state index contributed by atoms with van der Waals surface area (Å²) in [7, 11) is 0. The number of hydrogen-bond donors (Lipinski definition) is 2. The molecule has 1 aliphatic rings. The lowest BCUT2D eigenvalue weighted by atomic mass is 10.0. The first-order valence-electron chi connectivity index (χ1n) is 12.1. The fourth-order valence-electron chi connectivity index (χ4n) is 4.78. The van der Waals surface area contributed by atoms with Crippen LogP contribution in [0.15, 0.2) is 82.4 Å². The number of nitrogens with two attached hydrogens (primary N) is 1. The maximum Gasteiger partial charge on any atom is 0.330 e. The van der Waals surface area contributed by atoms with Gasteiger partial charge >= 0.3 is 5.69 Å². The largest absolute Gasteiger partial charge is 0.383 e. The van der Waals surface area contributed by atoms with Crippen molar-refractivity contribution < 1.29 is 9.53 Å². The van der Waals surface area contributed by atoms with E-state index in [-0.39, 0.29) is 43.0 Å². The van der Waals surface area contributed by atoms with Gasteiger partial charge in [-0.05, 0) is 34.7 Å². The Balaban J connectivity index is 1.55. The van der Waals surface area contributed by atoms with Gasteiger partial charge in [0.25, 0.3) is 5.56 Å². The smallest absolute Gasteiger partial charge is 0.330 e. The molecule has 1 aromatic heterocycles. The van der Waals surface area contributed by atoms with Crippen LogP contribution in [-0.4, -0.2) is 34.7 Å². The van der Waals surface area contributed by atoms with Gasteiger partial charge in [-0.3, -0.25) is 19.1 Å². The molecule has 1 amide bonds. The lowest BCUT2D eigenvalue weighted by Crippen LogP contribution is -2.44. The van der Waals surface area contributed by atoms with Crippen molar-refractivity contribution in [2.24, 2.45) is 0 Å². The highest BCUT2D eigenvalue weighted by Crippen LogP contribution is 2.24. The van der Waals surface area contributed by atoms with Crippen molar-refractivity contribution in [1.29, 1.82) is 0 Å². The van der Waals surface area contributed by atoms with E-state index < -0.39 is 11.2 Å². The van der Waals surface area contributed by atoms with E-state index in [1.165, 1.54) is 9.47 Å². The van der Waals surface area contributed by atoms with Crippen molar-refractivity contribution in [3.05, 3.63) is 105 Å². The van der Waals surface area contributed by atoms with Crippen LogP contribution in [0.25, 0.3) is 10.8 Å². The number of amides is 1. The standard InChI is InChI=1S/C28H28N4O4/c29-26-25(27(34)30-28(35)32(26)17-19-8-2-1-3-9-19)31(18-22-13-7-15-36-22)24(33)16-21-12-6-11-20-10-4-5-14-23(20)21/h1-6,8-12,14,22H,7,13,15-18,29H2,(H,30,34,35). The average Bonchev–Trinajstić information content (AvgIpc) is 3.40. The summed E-state index contributed by atoms with van der Waals surface area (Å²) in [5, 5.41) is 2.00. The van der Waals surface area contributed by atoms with Gasteiger partial charge in [0.15, 0.2) is 5.69 Å². The van der Waals surface area contributed by atoms with Gasteiger partial charge in [-0.15, -0.1) is 0 Å². The third-order valence-corrected chi connectivity index (χ3v) is 6.60. The topological polar surface area (TPSA) is 110 Å². The number of H-pyrrole nitrogens is 1. The average molecular weight is 485 g/mol. The van der Waals surface area contributed by atoms with Crippen LogP contribution in [0.5, 0.6) is 0 Å². The molecule has 0 saturated carbocycles. The first-order chi connectivity index (χ1) is 17.5. The van der Waals surface area contributed by atoms with E-state index in [0.29, 0.717) is 6.61 Å². The van der Waals surface area contributed by atoms with Crippen LogP contribution in [0.4, 0.5) is 11.5 Å². The third-order valence-electron chi connectivity index (χ3n) is 6.60. The quantitative estimate of drug-likeness (QED) is 0.419. The number of benzene rings is 3. The number of aromatic amines is 1. The number of nitrogens with zero attached hydrogens (tertiary/aromatic N) is 2. The Kier molecular flexibility index (Phi) is 6.69. The van der Waals surface area contributed by atoms with E-state index in [4.69, 9.17) is 10.5 Å². The SMILES string of the molecule is Nc1c(N(CC2CCCO2)C(=O)Cc2cccc3ccccc23)c(=O)[nH]c(=O)n1Cc1ccccc1. The second kappa shape index (κ2) is 10.2. The molecule has 1 fully saturated rings. The van der Waals surface area contributed by atoms with Crippen LogP contribution in [-0.2, 0) is 22.5 Å². The van der Waals surface area contributed by atoms with Crippen molar-refractivity contribution in [3.8, 4) is 0 Å². The number of nitrogen functional groups attached to an aromatic ring is 1. The molecule has 0 aliphatic carbocycles. The fraction of sp³-hybridized carbons (Fsp3) is 0.250. The second-order valence-corrected chi connectivity index (χ2v) is 9.02. The fourth-order valence-corrected chi connectivity index (χ4v) is 4.78. The summed E-state index contributed by atoms with van der Waals surface area (Å²) in [6.45, 7) is 0.955. The zero-order valence-electron chi connectivity index (χ0n) is 19.9. The molecule has 1 unspecified atom stereocenters. The molecular formula is C28H28N4O4. The van der Waals surface area contributed by atoms with Gasteiger partial charge in [-0.2, -0.15) is 0 Å². The van der Waals surface area contributed by atoms with Crippen LogP contribution in [0, 0.1) is 0 Å². The summed E-state index contributed by atoms with van der Waals surface area (Å²) in [5.74, 6) is -0.333. The van der Waals surface area contributed by atoms with Crippen molar-refractivity contribution in [2.45, 2.75) is 31.9 Å². The minimum absolute atomic E-state index is 0.0220. The minimum Gasteiger partial charge on any atom is -0.383 e. The van der Waals surface area contributed by atoms with Crippen LogP contribution < -0.4 is 21.9 Å². The molecule has 2 heterocycles. The lowest BCUT2D eigenvalue weighted by molar-refractivity contribution is -0.118. The number of aromatic nitrogens is 2. The second-order valence-electron chi connectivity index (χ2n) is 9.02.